The van der Waals surface area contributed by atoms with E-state index in [0.717, 1.165) is 45.1 Å². The van der Waals surface area contributed by atoms with E-state index in [1.807, 2.05) is 6.92 Å². The summed E-state index contributed by atoms with van der Waals surface area (Å²) in [6.07, 6.45) is 4.56. The molecule has 2 aliphatic rings. The Bertz CT molecular complexity index is 249. The van der Waals surface area contributed by atoms with Crippen LogP contribution in [0.2, 0.25) is 0 Å². The van der Waals surface area contributed by atoms with Gasteiger partial charge in [-0.1, -0.05) is 13.8 Å². The zero-order chi connectivity index (χ0) is 12.5. The Labute approximate surface area is 106 Å². The van der Waals surface area contributed by atoms with Crippen LogP contribution in [0.4, 0.5) is 0 Å². The molecule has 3 heteroatoms. The second kappa shape index (κ2) is 4.87. The molecule has 0 bridgehead atoms. The van der Waals surface area contributed by atoms with E-state index in [-0.39, 0.29) is 0 Å². The summed E-state index contributed by atoms with van der Waals surface area (Å²) in [5.41, 5.74) is -0.0846. The van der Waals surface area contributed by atoms with Gasteiger partial charge in [-0.15, -0.1) is 0 Å². The number of hydrogen-bond acceptors (Lipinski definition) is 3. The summed E-state index contributed by atoms with van der Waals surface area (Å²) in [4.78, 5) is 2.51. The van der Waals surface area contributed by atoms with Crippen LogP contribution in [0.1, 0.15) is 46.5 Å². The van der Waals surface area contributed by atoms with Crippen molar-refractivity contribution < 1.29 is 5.11 Å². The van der Waals surface area contributed by atoms with Crippen LogP contribution in [0.5, 0.6) is 0 Å². The van der Waals surface area contributed by atoms with Gasteiger partial charge in [-0.2, -0.15) is 0 Å². The Hall–Kier alpha value is -0.120. The fourth-order valence-electron chi connectivity index (χ4n) is 2.56. The van der Waals surface area contributed by atoms with Crippen LogP contribution in [-0.2, 0) is 0 Å². The normalized spacial score (nSPS) is 26.1. The molecule has 3 nitrogen and oxygen atoms in total. The van der Waals surface area contributed by atoms with Crippen molar-refractivity contribution in [1.82, 2.24) is 10.2 Å². The molecule has 1 aliphatic carbocycles. The number of aliphatic hydroxyl groups is 1. The second-order valence-corrected chi connectivity index (χ2v) is 7.09. The molecule has 0 spiro atoms. The standard InChI is InChI=1S/C14H28N2O/c1-13(2,10-15-12-4-5-12)11-16-8-6-14(3,17)7-9-16/h12,15,17H,4-11H2,1-3H3. The van der Waals surface area contributed by atoms with E-state index in [2.05, 4.69) is 24.1 Å². The first-order valence-electron chi connectivity index (χ1n) is 7.05. The zero-order valence-corrected chi connectivity index (χ0v) is 11.6. The molecule has 17 heavy (non-hydrogen) atoms. The van der Waals surface area contributed by atoms with Gasteiger partial charge in [0.15, 0.2) is 0 Å². The van der Waals surface area contributed by atoms with Crippen LogP contribution >= 0.6 is 0 Å². The Morgan fingerprint density at radius 3 is 2.41 bits per heavy atom. The summed E-state index contributed by atoms with van der Waals surface area (Å²) in [5.74, 6) is 0. The number of nitrogens with one attached hydrogen (secondary N) is 1. The summed E-state index contributed by atoms with van der Waals surface area (Å²) in [6, 6.07) is 0.802. The molecule has 0 atom stereocenters. The van der Waals surface area contributed by atoms with Crippen molar-refractivity contribution in [2.45, 2.75) is 58.1 Å². The molecule has 2 fully saturated rings. The molecule has 0 aromatic heterocycles. The Balaban J connectivity index is 1.71. The maximum Gasteiger partial charge on any atom is 0.0644 e. The fourth-order valence-corrected chi connectivity index (χ4v) is 2.56. The van der Waals surface area contributed by atoms with E-state index >= 15 is 0 Å². The maximum absolute atomic E-state index is 9.94. The Morgan fingerprint density at radius 1 is 1.29 bits per heavy atom. The van der Waals surface area contributed by atoms with Crippen LogP contribution < -0.4 is 5.32 Å². The lowest BCUT2D eigenvalue weighted by atomic mass is 9.89. The predicted octanol–water partition coefficient (Wildman–Crippen LogP) is 1.61. The van der Waals surface area contributed by atoms with Crippen LogP contribution in [-0.4, -0.2) is 47.8 Å². The van der Waals surface area contributed by atoms with E-state index in [9.17, 15) is 5.11 Å². The molecule has 1 aliphatic heterocycles. The minimum atomic E-state index is -0.424. The molecule has 1 saturated heterocycles. The molecule has 1 saturated carbocycles. The average Bonchev–Trinajstić information content (AvgIpc) is 3.02. The molecule has 2 N–H and O–H groups in total. The quantitative estimate of drug-likeness (QED) is 0.766. The van der Waals surface area contributed by atoms with Crippen molar-refractivity contribution in [2.75, 3.05) is 26.2 Å². The number of piperidine rings is 1. The van der Waals surface area contributed by atoms with Gasteiger partial charge in [0.2, 0.25) is 0 Å². The molecular formula is C14H28N2O. The molecule has 0 aromatic rings. The van der Waals surface area contributed by atoms with E-state index in [0.29, 0.717) is 5.41 Å². The van der Waals surface area contributed by atoms with Gasteiger partial charge in [-0.25, -0.2) is 0 Å². The van der Waals surface area contributed by atoms with Gasteiger partial charge >= 0.3 is 0 Å². The summed E-state index contributed by atoms with van der Waals surface area (Å²) >= 11 is 0. The predicted molar refractivity (Wildman–Crippen MR) is 71.1 cm³/mol. The summed E-state index contributed by atoms with van der Waals surface area (Å²) in [5, 5.41) is 13.6. The SMILES string of the molecule is CC(C)(CNC1CC1)CN1CCC(C)(O)CC1. The van der Waals surface area contributed by atoms with Crippen molar-refractivity contribution in [1.29, 1.82) is 0 Å². The number of hydrogen-bond donors (Lipinski definition) is 2. The van der Waals surface area contributed by atoms with Gasteiger partial charge in [-0.05, 0) is 38.0 Å². The molecule has 0 unspecified atom stereocenters. The summed E-state index contributed by atoms with van der Waals surface area (Å²) < 4.78 is 0. The summed E-state index contributed by atoms with van der Waals surface area (Å²) in [7, 11) is 0. The molecule has 0 radical (unpaired) electrons. The van der Waals surface area contributed by atoms with Crippen molar-refractivity contribution in [3.63, 3.8) is 0 Å². The van der Waals surface area contributed by atoms with Crippen molar-refractivity contribution in [3.05, 3.63) is 0 Å². The third-order valence-corrected chi connectivity index (χ3v) is 4.03. The highest BCUT2D eigenvalue weighted by Gasteiger charge is 2.31. The van der Waals surface area contributed by atoms with Gasteiger partial charge < -0.3 is 15.3 Å². The van der Waals surface area contributed by atoms with Crippen LogP contribution in [0.15, 0.2) is 0 Å². The monoisotopic (exact) mass is 240 g/mol. The second-order valence-electron chi connectivity index (χ2n) is 7.09. The molecule has 100 valence electrons. The Morgan fingerprint density at radius 2 is 1.88 bits per heavy atom. The van der Waals surface area contributed by atoms with Crippen LogP contribution in [0.3, 0.4) is 0 Å². The van der Waals surface area contributed by atoms with E-state index < -0.39 is 5.60 Å². The molecule has 0 aromatic carbocycles. The largest absolute Gasteiger partial charge is 0.390 e. The minimum absolute atomic E-state index is 0.339. The smallest absolute Gasteiger partial charge is 0.0644 e. The lowest BCUT2D eigenvalue weighted by molar-refractivity contribution is -0.0133. The van der Waals surface area contributed by atoms with Gasteiger partial charge in [0.05, 0.1) is 5.60 Å². The highest BCUT2D eigenvalue weighted by molar-refractivity contribution is 4.87. The highest BCUT2D eigenvalue weighted by atomic mass is 16.3. The first-order chi connectivity index (χ1) is 7.86. The first kappa shape index (κ1) is 13.3. The lowest BCUT2D eigenvalue weighted by Crippen LogP contribution is -2.47. The summed E-state index contributed by atoms with van der Waals surface area (Å²) in [6.45, 7) is 11.0. The van der Waals surface area contributed by atoms with E-state index in [4.69, 9.17) is 0 Å². The third-order valence-electron chi connectivity index (χ3n) is 4.03. The molecule has 2 rings (SSSR count). The average molecular weight is 240 g/mol. The third kappa shape index (κ3) is 4.57. The van der Waals surface area contributed by atoms with Gasteiger partial charge in [0, 0.05) is 32.2 Å². The van der Waals surface area contributed by atoms with Crippen molar-refractivity contribution in [3.8, 4) is 0 Å². The molecule has 1 heterocycles. The molecule has 0 amide bonds. The number of nitrogens with zero attached hydrogens (tertiary/aromatic N) is 1. The van der Waals surface area contributed by atoms with Gasteiger partial charge in [-0.3, -0.25) is 0 Å². The Kier molecular flexibility index (Phi) is 3.81. The minimum Gasteiger partial charge on any atom is -0.390 e. The van der Waals surface area contributed by atoms with E-state index in [1.165, 1.54) is 12.8 Å². The van der Waals surface area contributed by atoms with Crippen LogP contribution in [0, 0.1) is 5.41 Å². The van der Waals surface area contributed by atoms with Crippen LogP contribution in [0.25, 0.3) is 0 Å². The lowest BCUT2D eigenvalue weighted by Gasteiger charge is -2.39. The highest BCUT2D eigenvalue weighted by Crippen LogP contribution is 2.26. The van der Waals surface area contributed by atoms with Crippen molar-refractivity contribution >= 4 is 0 Å². The molecular weight excluding hydrogens is 212 g/mol. The number of rotatable bonds is 5. The maximum atomic E-state index is 9.94. The topological polar surface area (TPSA) is 35.5 Å². The van der Waals surface area contributed by atoms with Gasteiger partial charge in [0.1, 0.15) is 0 Å². The van der Waals surface area contributed by atoms with E-state index in [1.54, 1.807) is 0 Å². The zero-order valence-electron chi connectivity index (χ0n) is 11.6. The fraction of sp³-hybridized carbons (Fsp3) is 1.00. The van der Waals surface area contributed by atoms with Gasteiger partial charge in [0.25, 0.3) is 0 Å². The first-order valence-corrected chi connectivity index (χ1v) is 7.05. The number of likely N-dealkylation sites (tertiary alicyclic amines) is 1. The van der Waals surface area contributed by atoms with Crippen molar-refractivity contribution in [2.24, 2.45) is 5.41 Å².